The van der Waals surface area contributed by atoms with E-state index in [0.717, 1.165) is 30.4 Å². The van der Waals surface area contributed by atoms with E-state index < -0.39 is 5.82 Å². The minimum atomic E-state index is -0.395. The van der Waals surface area contributed by atoms with Crippen LogP contribution >= 0.6 is 0 Å². The van der Waals surface area contributed by atoms with Crippen LogP contribution in [0.4, 0.5) is 4.39 Å². The first-order chi connectivity index (χ1) is 12.7. The Balaban J connectivity index is 1.57. The molecule has 4 nitrogen and oxygen atoms in total. The standard InChI is InChI=1S/C21H20FNO3/c1-25-21-10-8-16(13-19(21)24)5-2-4-15-7-9-20(18(22)12-15)26-17-6-3-11-23-14-17/h3,6-14,24H,2,4-5H2,1H3. The monoisotopic (exact) mass is 353 g/mol. The Bertz CT molecular complexity index is 868. The van der Waals surface area contributed by atoms with Crippen LogP contribution in [-0.2, 0) is 12.8 Å². The van der Waals surface area contributed by atoms with Gasteiger partial charge in [0.05, 0.1) is 13.3 Å². The Morgan fingerprint density at radius 1 is 1.00 bits per heavy atom. The number of phenols is 1. The lowest BCUT2D eigenvalue weighted by atomic mass is 10.0. The Morgan fingerprint density at radius 3 is 2.35 bits per heavy atom. The number of pyridine rings is 1. The van der Waals surface area contributed by atoms with Crippen molar-refractivity contribution in [3.05, 3.63) is 77.9 Å². The first-order valence-corrected chi connectivity index (χ1v) is 8.38. The second-order valence-electron chi connectivity index (χ2n) is 5.92. The van der Waals surface area contributed by atoms with Gasteiger partial charge in [0.25, 0.3) is 0 Å². The smallest absolute Gasteiger partial charge is 0.165 e. The third-order valence-electron chi connectivity index (χ3n) is 4.03. The number of halogens is 1. The van der Waals surface area contributed by atoms with Crippen LogP contribution in [0.25, 0.3) is 0 Å². The SMILES string of the molecule is COc1ccc(CCCc2ccc(Oc3cccnc3)c(F)c2)cc1O. The molecule has 0 saturated heterocycles. The van der Waals surface area contributed by atoms with Gasteiger partial charge in [-0.2, -0.15) is 0 Å². The number of ether oxygens (including phenoxy) is 2. The van der Waals surface area contributed by atoms with Gasteiger partial charge in [-0.1, -0.05) is 12.1 Å². The van der Waals surface area contributed by atoms with Crippen molar-refractivity contribution in [2.45, 2.75) is 19.3 Å². The minimum Gasteiger partial charge on any atom is -0.504 e. The van der Waals surface area contributed by atoms with Gasteiger partial charge in [0.15, 0.2) is 23.1 Å². The van der Waals surface area contributed by atoms with E-state index in [0.29, 0.717) is 11.5 Å². The summed E-state index contributed by atoms with van der Waals surface area (Å²) in [5.41, 5.74) is 1.92. The molecule has 0 radical (unpaired) electrons. The first-order valence-electron chi connectivity index (χ1n) is 8.38. The fraction of sp³-hybridized carbons (Fsp3) is 0.190. The third kappa shape index (κ3) is 4.51. The molecular formula is C21H20FNO3. The maximum atomic E-state index is 14.2. The lowest BCUT2D eigenvalue weighted by molar-refractivity contribution is 0.373. The zero-order valence-corrected chi connectivity index (χ0v) is 14.5. The molecule has 5 heteroatoms. The van der Waals surface area contributed by atoms with Gasteiger partial charge in [-0.05, 0) is 66.8 Å². The van der Waals surface area contributed by atoms with Crippen molar-refractivity contribution in [1.29, 1.82) is 0 Å². The molecule has 0 amide bonds. The largest absolute Gasteiger partial charge is 0.504 e. The molecule has 0 aliphatic heterocycles. The molecule has 0 aliphatic rings. The Hall–Kier alpha value is -3.08. The number of methoxy groups -OCH3 is 1. The zero-order valence-electron chi connectivity index (χ0n) is 14.5. The number of hydrogen-bond acceptors (Lipinski definition) is 4. The van der Waals surface area contributed by atoms with Crippen LogP contribution in [0.5, 0.6) is 23.0 Å². The highest BCUT2D eigenvalue weighted by molar-refractivity contribution is 5.41. The molecule has 1 aromatic heterocycles. The fourth-order valence-electron chi connectivity index (χ4n) is 2.70. The summed E-state index contributed by atoms with van der Waals surface area (Å²) in [6.07, 6.45) is 5.53. The molecule has 1 N–H and O–H groups in total. The quantitative estimate of drug-likeness (QED) is 0.656. The van der Waals surface area contributed by atoms with Gasteiger partial charge < -0.3 is 14.6 Å². The summed E-state index contributed by atoms with van der Waals surface area (Å²) in [6.45, 7) is 0. The van der Waals surface area contributed by atoms with Crippen LogP contribution in [0.2, 0.25) is 0 Å². The van der Waals surface area contributed by atoms with Gasteiger partial charge in [-0.15, -0.1) is 0 Å². The van der Waals surface area contributed by atoms with Gasteiger partial charge >= 0.3 is 0 Å². The summed E-state index contributed by atoms with van der Waals surface area (Å²) in [6, 6.07) is 13.8. The Labute approximate surface area is 151 Å². The number of aromatic nitrogens is 1. The van der Waals surface area contributed by atoms with Crippen LogP contribution in [-0.4, -0.2) is 17.2 Å². The molecule has 0 fully saturated rings. The number of aromatic hydroxyl groups is 1. The number of rotatable bonds is 7. The molecule has 0 unspecified atom stereocenters. The molecule has 0 saturated carbocycles. The Morgan fingerprint density at radius 2 is 1.73 bits per heavy atom. The fourth-order valence-corrected chi connectivity index (χ4v) is 2.70. The van der Waals surface area contributed by atoms with Crippen molar-refractivity contribution >= 4 is 0 Å². The van der Waals surface area contributed by atoms with E-state index in [-0.39, 0.29) is 11.5 Å². The number of phenolic OH excluding ortho intramolecular Hbond substituents is 1. The molecule has 0 atom stereocenters. The van der Waals surface area contributed by atoms with Crippen molar-refractivity contribution in [2.75, 3.05) is 7.11 Å². The van der Waals surface area contributed by atoms with Crippen LogP contribution in [0, 0.1) is 5.82 Å². The normalized spacial score (nSPS) is 10.5. The first kappa shape index (κ1) is 17.7. The highest BCUT2D eigenvalue weighted by atomic mass is 19.1. The van der Waals surface area contributed by atoms with Crippen molar-refractivity contribution < 1.29 is 19.0 Å². The van der Waals surface area contributed by atoms with E-state index in [1.165, 1.54) is 19.4 Å². The van der Waals surface area contributed by atoms with Crippen LogP contribution in [0.1, 0.15) is 17.5 Å². The molecule has 2 aromatic carbocycles. The van der Waals surface area contributed by atoms with Crippen molar-refractivity contribution in [2.24, 2.45) is 0 Å². The zero-order chi connectivity index (χ0) is 18.4. The van der Waals surface area contributed by atoms with Crippen molar-refractivity contribution in [3.63, 3.8) is 0 Å². The van der Waals surface area contributed by atoms with Gasteiger partial charge in [-0.3, -0.25) is 4.98 Å². The number of hydrogen-bond donors (Lipinski definition) is 1. The van der Waals surface area contributed by atoms with Gasteiger partial charge in [0, 0.05) is 6.20 Å². The van der Waals surface area contributed by atoms with Crippen molar-refractivity contribution in [1.82, 2.24) is 4.98 Å². The average molecular weight is 353 g/mol. The minimum absolute atomic E-state index is 0.132. The maximum Gasteiger partial charge on any atom is 0.165 e. The van der Waals surface area contributed by atoms with Crippen molar-refractivity contribution in [3.8, 4) is 23.0 Å². The molecule has 0 aliphatic carbocycles. The van der Waals surface area contributed by atoms with E-state index in [1.54, 1.807) is 36.5 Å². The predicted molar refractivity (Wildman–Crippen MR) is 97.4 cm³/mol. The topological polar surface area (TPSA) is 51.6 Å². The molecule has 134 valence electrons. The molecule has 3 aromatic rings. The lowest BCUT2D eigenvalue weighted by Crippen LogP contribution is -1.94. The van der Waals surface area contributed by atoms with E-state index in [9.17, 15) is 9.50 Å². The average Bonchev–Trinajstić information content (AvgIpc) is 2.65. The molecule has 0 spiro atoms. The highest BCUT2D eigenvalue weighted by Gasteiger charge is 2.07. The predicted octanol–water partition coefficient (Wildman–Crippen LogP) is 4.90. The Kier molecular flexibility index (Phi) is 5.69. The second kappa shape index (κ2) is 8.34. The third-order valence-corrected chi connectivity index (χ3v) is 4.03. The summed E-state index contributed by atoms with van der Waals surface area (Å²) in [7, 11) is 1.52. The van der Waals surface area contributed by atoms with Gasteiger partial charge in [-0.25, -0.2) is 4.39 Å². The highest BCUT2D eigenvalue weighted by Crippen LogP contribution is 2.27. The summed E-state index contributed by atoms with van der Waals surface area (Å²) in [5.74, 6) is 0.877. The van der Waals surface area contributed by atoms with Crippen LogP contribution in [0.3, 0.4) is 0 Å². The summed E-state index contributed by atoms with van der Waals surface area (Å²) < 4.78 is 24.8. The molecule has 26 heavy (non-hydrogen) atoms. The summed E-state index contributed by atoms with van der Waals surface area (Å²) in [4.78, 5) is 3.94. The summed E-state index contributed by atoms with van der Waals surface area (Å²) in [5, 5.41) is 9.80. The summed E-state index contributed by atoms with van der Waals surface area (Å²) >= 11 is 0. The lowest BCUT2D eigenvalue weighted by Gasteiger charge is -2.09. The molecule has 0 bridgehead atoms. The molecule has 3 rings (SSSR count). The van der Waals surface area contributed by atoms with Gasteiger partial charge in [0.2, 0.25) is 0 Å². The second-order valence-corrected chi connectivity index (χ2v) is 5.92. The maximum absolute atomic E-state index is 14.2. The van der Waals surface area contributed by atoms with Gasteiger partial charge in [0.1, 0.15) is 5.75 Å². The van der Waals surface area contributed by atoms with E-state index in [2.05, 4.69) is 4.98 Å². The van der Waals surface area contributed by atoms with E-state index in [4.69, 9.17) is 9.47 Å². The number of nitrogens with zero attached hydrogens (tertiary/aromatic N) is 1. The number of benzene rings is 2. The van der Waals surface area contributed by atoms with E-state index in [1.807, 2.05) is 12.1 Å². The van der Waals surface area contributed by atoms with Crippen LogP contribution in [0.15, 0.2) is 60.9 Å². The van der Waals surface area contributed by atoms with E-state index >= 15 is 0 Å². The van der Waals surface area contributed by atoms with Crippen LogP contribution < -0.4 is 9.47 Å². The molecule has 1 heterocycles. The molecular weight excluding hydrogens is 333 g/mol. The number of aryl methyl sites for hydroxylation is 2.